The predicted molar refractivity (Wildman–Crippen MR) is 113 cm³/mol. The van der Waals surface area contributed by atoms with Gasteiger partial charge in [0.25, 0.3) is 0 Å². The monoisotopic (exact) mass is 391 g/mol. The van der Waals surface area contributed by atoms with Gasteiger partial charge in [0, 0.05) is 24.0 Å². The number of imidazole rings is 1. The number of aryl methyl sites for hydroxylation is 3. The Morgan fingerprint density at radius 1 is 1.04 bits per heavy atom. The van der Waals surface area contributed by atoms with E-state index in [-0.39, 0.29) is 0 Å². The van der Waals surface area contributed by atoms with Crippen LogP contribution in [0.4, 0.5) is 0 Å². The number of pyridine rings is 1. The smallest absolute Gasteiger partial charge is 0.148 e. The maximum Gasteiger partial charge on any atom is 0.148 e. The van der Waals surface area contributed by atoms with Crippen LogP contribution in [0.1, 0.15) is 23.4 Å². The second-order valence-corrected chi connectivity index (χ2v) is 7.27. The molecular formula is C23H22ClN3O. The van der Waals surface area contributed by atoms with E-state index in [4.69, 9.17) is 21.3 Å². The fraction of sp³-hybridized carbons (Fsp3) is 0.217. The lowest BCUT2D eigenvalue weighted by Crippen LogP contribution is -2.09. The Balaban J connectivity index is 1.55. The topological polar surface area (TPSA) is 39.9 Å². The highest BCUT2D eigenvalue weighted by Crippen LogP contribution is 2.23. The summed E-state index contributed by atoms with van der Waals surface area (Å²) in [6, 6.07) is 17.8. The SMILES string of the molecule is Cc1cccc2nc(COc3ccc(Cl)cc3)n(CCCc3cccnc3)c12. The number of aromatic nitrogens is 3. The molecule has 0 aliphatic heterocycles. The van der Waals surface area contributed by atoms with E-state index in [9.17, 15) is 0 Å². The van der Waals surface area contributed by atoms with Crippen LogP contribution in [0.5, 0.6) is 5.75 Å². The first-order valence-electron chi connectivity index (χ1n) is 9.43. The summed E-state index contributed by atoms with van der Waals surface area (Å²) in [5, 5.41) is 0.700. The zero-order valence-corrected chi connectivity index (χ0v) is 16.6. The third-order valence-electron chi connectivity index (χ3n) is 4.80. The Hall–Kier alpha value is -2.85. The summed E-state index contributed by atoms with van der Waals surface area (Å²) in [4.78, 5) is 9.03. The Morgan fingerprint density at radius 2 is 1.89 bits per heavy atom. The van der Waals surface area contributed by atoms with Crippen LogP contribution in [-0.4, -0.2) is 14.5 Å². The maximum atomic E-state index is 5.97. The van der Waals surface area contributed by atoms with Crippen molar-refractivity contribution in [1.82, 2.24) is 14.5 Å². The van der Waals surface area contributed by atoms with Gasteiger partial charge in [-0.05, 0) is 67.3 Å². The van der Waals surface area contributed by atoms with Gasteiger partial charge in [0.05, 0.1) is 11.0 Å². The van der Waals surface area contributed by atoms with Gasteiger partial charge in [-0.25, -0.2) is 4.98 Å². The quantitative estimate of drug-likeness (QED) is 0.411. The van der Waals surface area contributed by atoms with Crippen molar-refractivity contribution in [2.45, 2.75) is 32.9 Å². The van der Waals surface area contributed by atoms with Gasteiger partial charge < -0.3 is 9.30 Å². The highest BCUT2D eigenvalue weighted by molar-refractivity contribution is 6.30. The molecular weight excluding hydrogens is 370 g/mol. The number of rotatable bonds is 7. The molecule has 0 bridgehead atoms. The number of fused-ring (bicyclic) bond motifs is 1. The van der Waals surface area contributed by atoms with E-state index in [0.29, 0.717) is 11.6 Å². The van der Waals surface area contributed by atoms with Crippen LogP contribution in [0.25, 0.3) is 11.0 Å². The minimum atomic E-state index is 0.419. The third-order valence-corrected chi connectivity index (χ3v) is 5.05. The van der Waals surface area contributed by atoms with Gasteiger partial charge >= 0.3 is 0 Å². The molecule has 0 fully saturated rings. The first kappa shape index (κ1) is 18.5. The minimum Gasteiger partial charge on any atom is -0.486 e. The van der Waals surface area contributed by atoms with Gasteiger partial charge in [-0.2, -0.15) is 0 Å². The van der Waals surface area contributed by atoms with Crippen LogP contribution in [0.15, 0.2) is 67.0 Å². The molecule has 0 amide bonds. The van der Waals surface area contributed by atoms with E-state index in [2.05, 4.69) is 40.7 Å². The summed E-state index contributed by atoms with van der Waals surface area (Å²) in [7, 11) is 0. The number of benzene rings is 2. The summed E-state index contributed by atoms with van der Waals surface area (Å²) >= 11 is 5.96. The fourth-order valence-corrected chi connectivity index (χ4v) is 3.56. The van der Waals surface area contributed by atoms with Crippen molar-refractivity contribution in [3.63, 3.8) is 0 Å². The Bertz CT molecular complexity index is 1060. The van der Waals surface area contributed by atoms with Crippen molar-refractivity contribution in [1.29, 1.82) is 0 Å². The molecule has 0 aliphatic rings. The third kappa shape index (κ3) is 4.18. The van der Waals surface area contributed by atoms with Crippen LogP contribution < -0.4 is 4.74 Å². The van der Waals surface area contributed by atoms with Gasteiger partial charge in [-0.3, -0.25) is 4.98 Å². The summed E-state index contributed by atoms with van der Waals surface area (Å²) in [6.07, 6.45) is 5.74. The zero-order chi connectivity index (χ0) is 19.3. The summed E-state index contributed by atoms with van der Waals surface area (Å²) in [5.41, 5.74) is 4.67. The normalized spacial score (nSPS) is 11.1. The molecule has 5 heteroatoms. The van der Waals surface area contributed by atoms with Crippen LogP contribution in [0.2, 0.25) is 5.02 Å². The van der Waals surface area contributed by atoms with Crippen molar-refractivity contribution < 1.29 is 4.74 Å². The van der Waals surface area contributed by atoms with Gasteiger partial charge in [0.15, 0.2) is 0 Å². The molecule has 2 heterocycles. The molecule has 0 aliphatic carbocycles. The van der Waals surface area contributed by atoms with Gasteiger partial charge in [0.2, 0.25) is 0 Å². The average molecular weight is 392 g/mol. The molecule has 0 saturated heterocycles. The van der Waals surface area contributed by atoms with Crippen molar-refractivity contribution in [3.8, 4) is 5.75 Å². The van der Waals surface area contributed by atoms with Crippen LogP contribution >= 0.6 is 11.6 Å². The predicted octanol–water partition coefficient (Wildman–Crippen LogP) is 5.60. The lowest BCUT2D eigenvalue weighted by molar-refractivity contribution is 0.289. The molecule has 0 atom stereocenters. The standard InChI is InChI=1S/C23H22ClN3O/c1-17-5-2-8-21-23(17)27(14-4-7-18-6-3-13-25-15-18)22(26-21)16-28-20-11-9-19(24)10-12-20/h2-3,5-6,8-13,15H,4,7,14,16H2,1H3. The number of nitrogens with zero attached hydrogens (tertiary/aromatic N) is 3. The molecule has 2 aromatic carbocycles. The maximum absolute atomic E-state index is 5.97. The van der Waals surface area contributed by atoms with E-state index in [0.717, 1.165) is 36.5 Å². The largest absolute Gasteiger partial charge is 0.486 e. The molecule has 142 valence electrons. The van der Waals surface area contributed by atoms with E-state index < -0.39 is 0 Å². The minimum absolute atomic E-state index is 0.419. The van der Waals surface area contributed by atoms with Crippen LogP contribution in [-0.2, 0) is 19.6 Å². The Morgan fingerprint density at radius 3 is 2.68 bits per heavy atom. The molecule has 4 nitrogen and oxygen atoms in total. The zero-order valence-electron chi connectivity index (χ0n) is 15.8. The van der Waals surface area contributed by atoms with Gasteiger partial charge in [-0.1, -0.05) is 29.8 Å². The number of halogens is 1. The van der Waals surface area contributed by atoms with Crippen LogP contribution in [0, 0.1) is 6.92 Å². The molecule has 28 heavy (non-hydrogen) atoms. The van der Waals surface area contributed by atoms with E-state index in [1.165, 1.54) is 16.6 Å². The highest BCUT2D eigenvalue weighted by Gasteiger charge is 2.13. The molecule has 2 aromatic heterocycles. The van der Waals surface area contributed by atoms with Gasteiger partial charge in [0.1, 0.15) is 18.2 Å². The number of ether oxygens (including phenoxy) is 1. The molecule has 0 spiro atoms. The van der Waals surface area contributed by atoms with E-state index >= 15 is 0 Å². The fourth-order valence-electron chi connectivity index (χ4n) is 3.43. The molecule has 0 N–H and O–H groups in total. The first-order valence-corrected chi connectivity index (χ1v) is 9.80. The summed E-state index contributed by atoms with van der Waals surface area (Å²) in [6.45, 7) is 3.43. The molecule has 0 unspecified atom stereocenters. The number of para-hydroxylation sites is 1. The van der Waals surface area contributed by atoms with E-state index in [1.54, 1.807) is 0 Å². The van der Waals surface area contributed by atoms with Crippen molar-refractivity contribution in [2.24, 2.45) is 0 Å². The lowest BCUT2D eigenvalue weighted by atomic mass is 10.1. The average Bonchev–Trinajstić information content (AvgIpc) is 3.07. The number of hydrogen-bond donors (Lipinski definition) is 0. The lowest BCUT2D eigenvalue weighted by Gasteiger charge is -2.12. The molecule has 4 rings (SSSR count). The van der Waals surface area contributed by atoms with Crippen molar-refractivity contribution in [3.05, 3.63) is 89.0 Å². The molecule has 0 radical (unpaired) electrons. The number of hydrogen-bond acceptors (Lipinski definition) is 3. The van der Waals surface area contributed by atoms with E-state index in [1.807, 2.05) is 42.7 Å². The summed E-state index contributed by atoms with van der Waals surface area (Å²) in [5.74, 6) is 1.72. The second-order valence-electron chi connectivity index (χ2n) is 6.83. The summed E-state index contributed by atoms with van der Waals surface area (Å²) < 4.78 is 8.26. The van der Waals surface area contributed by atoms with Crippen LogP contribution in [0.3, 0.4) is 0 Å². The molecule has 0 saturated carbocycles. The van der Waals surface area contributed by atoms with Crippen molar-refractivity contribution in [2.75, 3.05) is 0 Å². The first-order chi connectivity index (χ1) is 13.7. The second kappa shape index (κ2) is 8.44. The van der Waals surface area contributed by atoms with Crippen molar-refractivity contribution >= 4 is 22.6 Å². The highest BCUT2D eigenvalue weighted by atomic mass is 35.5. The van der Waals surface area contributed by atoms with Gasteiger partial charge in [-0.15, -0.1) is 0 Å². The Labute approximate surface area is 169 Å². The Kier molecular flexibility index (Phi) is 5.58. The molecule has 4 aromatic rings.